The lowest BCUT2D eigenvalue weighted by Gasteiger charge is -2.46. The predicted octanol–water partition coefficient (Wildman–Crippen LogP) is 24.2. The van der Waals surface area contributed by atoms with E-state index < -0.39 is 6.17 Å². The molecule has 0 N–H and O–H groups in total. The molecule has 0 radical (unpaired) electrons. The molecule has 7 heterocycles. The second-order valence-corrected chi connectivity index (χ2v) is 50.8. The molecule has 12 aliphatic rings. The molecule has 0 bridgehead atoms. The Morgan fingerprint density at radius 2 is 0.780 bits per heavy atom. The van der Waals surface area contributed by atoms with Crippen LogP contribution in [0.2, 0.25) is 0 Å². The molecule has 100 heavy (non-hydrogen) atoms. The zero-order valence-electron chi connectivity index (χ0n) is 75.8. The molecule has 590 valence electrons. The Kier molecular flexibility index (Phi) is 25.8. The fourth-order valence-corrected chi connectivity index (χ4v) is 21.7. The minimum Gasteiger partial charge on any atom is -0.295 e. The van der Waals surface area contributed by atoms with Crippen LogP contribution in [-0.4, -0.2) is 166 Å². The van der Waals surface area contributed by atoms with Gasteiger partial charge in [0.05, 0.1) is 0 Å². The molecule has 12 atom stereocenters. The van der Waals surface area contributed by atoms with Crippen LogP contribution >= 0.6 is 0 Å². The van der Waals surface area contributed by atoms with E-state index in [1.165, 1.54) is 122 Å². The summed E-state index contributed by atoms with van der Waals surface area (Å²) >= 11 is 0. The molecule has 0 aromatic rings. The van der Waals surface area contributed by atoms with Gasteiger partial charge in [-0.2, -0.15) is 0 Å². The van der Waals surface area contributed by atoms with Crippen LogP contribution in [0.25, 0.3) is 0 Å². The van der Waals surface area contributed by atoms with Gasteiger partial charge in [0.1, 0.15) is 6.17 Å². The summed E-state index contributed by atoms with van der Waals surface area (Å²) in [5.41, 5.74) is 6.97. The second-order valence-electron chi connectivity index (χ2n) is 50.8. The van der Waals surface area contributed by atoms with Crippen molar-refractivity contribution >= 4 is 0 Å². The maximum absolute atomic E-state index is 13.4. The molecule has 12 fully saturated rings. The molecule has 0 amide bonds. The third-order valence-electron chi connectivity index (χ3n) is 26.9. The van der Waals surface area contributed by atoms with Crippen LogP contribution in [0, 0.1) is 66.5 Å². The standard InChI is InChI=1S/3C14H27N.2C13H25N.C12H24FN.C12H25N/c1-12(2,3)11-9-14(7-8-14)10-15(11)13(4,5)6;1-12(2,3)11-14(7-8-14)9-10-15(11)13(4,5)6;1-12(2,3)11-7-8-14(9-10-14)15(11)13(4,5)6;1-12(2,3)11-10-7-9(10)8-14(11)13(4,5)6;1-12(2,3)11-8-9-7-10(9)14(11)13(4,5)6;1-11(2,3)10-7-9(13)8-14(10)12(4,5)6;1-11(2,3)10-8-7-9-13(10)12(4,5)6/h3*11H,7-10H2,1-6H3;2*9-11H,7-8H2,1-6H3;9-10H,7-8H2,1-6H3;10H,7-9H2,1-6H3. The van der Waals surface area contributed by atoms with Crippen molar-refractivity contribution in [2.75, 3.05) is 32.7 Å². The number of halogens is 1. The average molecular weight is 1400 g/mol. The lowest BCUT2D eigenvalue weighted by molar-refractivity contribution is 0.0157. The highest BCUT2D eigenvalue weighted by atomic mass is 19.1. The van der Waals surface area contributed by atoms with Crippen LogP contribution in [0.1, 0.15) is 394 Å². The molecule has 7 saturated heterocycles. The lowest BCUT2D eigenvalue weighted by Crippen LogP contribution is -2.54. The second kappa shape index (κ2) is 29.1. The van der Waals surface area contributed by atoms with Crippen LogP contribution in [0.3, 0.4) is 0 Å². The highest BCUT2D eigenvalue weighted by Crippen LogP contribution is 2.64. The summed E-state index contributed by atoms with van der Waals surface area (Å²) < 4.78 is 13.4. The summed E-state index contributed by atoms with van der Waals surface area (Å²) in [6.45, 7) is 105. The Labute approximate surface area is 626 Å². The third kappa shape index (κ3) is 22.2. The van der Waals surface area contributed by atoms with Gasteiger partial charge in [-0.1, -0.05) is 145 Å². The number of nitrogens with zero attached hydrogens (tertiary/aromatic N) is 7. The van der Waals surface area contributed by atoms with E-state index in [-0.39, 0.29) is 11.0 Å². The number of hydrogen-bond donors (Lipinski definition) is 0. The van der Waals surface area contributed by atoms with E-state index in [9.17, 15) is 4.39 Å². The van der Waals surface area contributed by atoms with Gasteiger partial charge < -0.3 is 0 Å². The molecule has 12 unspecified atom stereocenters. The van der Waals surface area contributed by atoms with Gasteiger partial charge in [-0.25, -0.2) is 4.39 Å². The zero-order valence-corrected chi connectivity index (χ0v) is 75.8. The fraction of sp³-hybridized carbons (Fsp3) is 1.00. The highest BCUT2D eigenvalue weighted by Gasteiger charge is 2.63. The molecular formula is C92H180FN7. The normalized spacial score (nSPS) is 32.7. The van der Waals surface area contributed by atoms with Gasteiger partial charge in [0.25, 0.3) is 0 Å². The van der Waals surface area contributed by atoms with Gasteiger partial charge in [-0.3, -0.25) is 34.3 Å². The summed E-state index contributed by atoms with van der Waals surface area (Å²) in [6.07, 6.45) is 21.7. The first-order valence-electron chi connectivity index (χ1n) is 42.3. The van der Waals surface area contributed by atoms with E-state index in [2.05, 4.69) is 325 Å². The van der Waals surface area contributed by atoms with Crippen molar-refractivity contribution in [1.82, 2.24) is 34.3 Å². The first kappa shape index (κ1) is 88.6. The summed E-state index contributed by atoms with van der Waals surface area (Å²) in [5, 5.41) is 0. The van der Waals surface area contributed by atoms with Crippen molar-refractivity contribution in [2.45, 2.75) is 492 Å². The first-order valence-corrected chi connectivity index (χ1v) is 42.3. The molecule has 0 aromatic heterocycles. The van der Waals surface area contributed by atoms with E-state index in [0.29, 0.717) is 95.7 Å². The highest BCUT2D eigenvalue weighted by molar-refractivity contribution is 5.17. The lowest BCUT2D eigenvalue weighted by atomic mass is 9.76. The molecule has 7 aliphatic heterocycles. The molecular weight excluding hydrogens is 1220 g/mol. The van der Waals surface area contributed by atoms with E-state index in [1.807, 2.05) is 0 Å². The number of likely N-dealkylation sites (tertiary alicyclic amines) is 7. The number of alkyl halides is 1. The van der Waals surface area contributed by atoms with Gasteiger partial charge >= 0.3 is 0 Å². The van der Waals surface area contributed by atoms with Crippen molar-refractivity contribution in [3.8, 4) is 0 Å². The molecule has 0 aromatic carbocycles. The molecule has 5 saturated carbocycles. The Bertz CT molecular complexity index is 2360. The maximum atomic E-state index is 13.4. The largest absolute Gasteiger partial charge is 0.295 e. The Hall–Kier alpha value is -0.350. The Balaban J connectivity index is 0.000000184. The number of piperidine rings is 2. The van der Waals surface area contributed by atoms with Gasteiger partial charge in [-0.05, 0) is 328 Å². The van der Waals surface area contributed by atoms with Crippen molar-refractivity contribution in [2.24, 2.45) is 66.5 Å². The summed E-state index contributed by atoms with van der Waals surface area (Å²) in [6, 6.07) is 6.02. The molecule has 3 spiro atoms. The van der Waals surface area contributed by atoms with Crippen LogP contribution in [0.15, 0.2) is 0 Å². The fourth-order valence-electron chi connectivity index (χ4n) is 21.7. The zero-order chi connectivity index (χ0) is 77.3. The van der Waals surface area contributed by atoms with Gasteiger partial charge in [0, 0.05) is 112 Å². The summed E-state index contributed by atoms with van der Waals surface area (Å²) in [4.78, 5) is 18.9. The van der Waals surface area contributed by atoms with E-state index in [0.717, 1.165) is 65.5 Å². The number of fused-ring (bicyclic) bond motifs is 2. The molecule has 5 aliphatic carbocycles. The SMILES string of the molecule is CC(C)(C)C1C2CC2CN1C(C)(C)C.CC(C)(C)C1CC(F)CN1C(C)(C)C.CC(C)(C)C1CC2(CC2)CN1C(C)(C)C.CC(C)(C)C1CC2CC2N1C(C)(C)C.CC(C)(C)C1CCC2(CC2)N1C(C)(C)C.CC(C)(C)C1CCCN1C(C)(C)C.CC(C)(C)C1N(C(C)(C)C)CCC12CC2. The third-order valence-corrected chi connectivity index (χ3v) is 26.9. The monoisotopic (exact) mass is 1400 g/mol. The average Bonchev–Trinajstić information content (AvgIpc) is 1.59. The van der Waals surface area contributed by atoms with Crippen LogP contribution in [-0.2, 0) is 0 Å². The maximum Gasteiger partial charge on any atom is 0.114 e. The Morgan fingerprint density at radius 3 is 1.10 bits per heavy atom. The van der Waals surface area contributed by atoms with Gasteiger partial charge in [0.2, 0.25) is 0 Å². The van der Waals surface area contributed by atoms with Crippen molar-refractivity contribution in [1.29, 1.82) is 0 Å². The van der Waals surface area contributed by atoms with E-state index in [4.69, 9.17) is 0 Å². The van der Waals surface area contributed by atoms with Crippen molar-refractivity contribution in [3.63, 3.8) is 0 Å². The van der Waals surface area contributed by atoms with Crippen LogP contribution in [0.5, 0.6) is 0 Å². The summed E-state index contributed by atoms with van der Waals surface area (Å²) in [7, 11) is 0. The molecule has 8 heteroatoms. The van der Waals surface area contributed by atoms with E-state index >= 15 is 0 Å². The quantitative estimate of drug-likeness (QED) is 0.238. The first-order chi connectivity index (χ1) is 44.2. The topological polar surface area (TPSA) is 22.7 Å². The predicted molar refractivity (Wildman–Crippen MR) is 439 cm³/mol. The van der Waals surface area contributed by atoms with E-state index in [1.54, 1.807) is 0 Å². The number of hydrogen-bond acceptors (Lipinski definition) is 7. The smallest absolute Gasteiger partial charge is 0.114 e. The number of rotatable bonds is 0. The van der Waals surface area contributed by atoms with Gasteiger partial charge in [-0.15, -0.1) is 0 Å². The minimum absolute atomic E-state index is 0.0821. The molecule has 7 nitrogen and oxygen atoms in total. The molecule has 12 rings (SSSR count). The van der Waals surface area contributed by atoms with Crippen molar-refractivity contribution < 1.29 is 4.39 Å². The van der Waals surface area contributed by atoms with Crippen LogP contribution < -0.4 is 0 Å². The Morgan fingerprint density at radius 1 is 0.320 bits per heavy atom. The van der Waals surface area contributed by atoms with Gasteiger partial charge in [0.15, 0.2) is 0 Å². The van der Waals surface area contributed by atoms with Crippen molar-refractivity contribution in [3.05, 3.63) is 0 Å². The summed E-state index contributed by atoms with van der Waals surface area (Å²) in [5.74, 6) is 3.06. The van der Waals surface area contributed by atoms with Crippen LogP contribution in [0.4, 0.5) is 4.39 Å². The minimum atomic E-state index is -0.640.